The molecule has 26 heavy (non-hydrogen) atoms. The molecule has 1 amide bonds. The van der Waals surface area contributed by atoms with Gasteiger partial charge in [0.2, 0.25) is 0 Å². The Balaban J connectivity index is 2.03. The van der Waals surface area contributed by atoms with Crippen molar-refractivity contribution >= 4 is 17.1 Å². The SMILES string of the molecule is CC(NC(=O)OC(C)(C)C)c1nc2cc(F)ccc2n1-c1ccccc1. The second-order valence-corrected chi connectivity index (χ2v) is 7.14. The van der Waals surface area contributed by atoms with E-state index >= 15 is 0 Å². The number of ether oxygens (including phenoxy) is 1. The molecule has 1 aromatic heterocycles. The van der Waals surface area contributed by atoms with Crippen molar-refractivity contribution in [2.75, 3.05) is 0 Å². The molecular weight excluding hydrogens is 333 g/mol. The molecule has 0 saturated heterocycles. The molecule has 2 aromatic carbocycles. The number of halogens is 1. The predicted octanol–water partition coefficient (Wildman–Crippen LogP) is 4.75. The molecule has 0 aliphatic rings. The van der Waals surface area contributed by atoms with Crippen molar-refractivity contribution in [3.63, 3.8) is 0 Å². The molecule has 0 bridgehead atoms. The van der Waals surface area contributed by atoms with Crippen LogP contribution < -0.4 is 5.32 Å². The van der Waals surface area contributed by atoms with E-state index in [1.165, 1.54) is 12.1 Å². The van der Waals surface area contributed by atoms with Crippen molar-refractivity contribution in [2.45, 2.75) is 39.3 Å². The first-order chi connectivity index (χ1) is 12.2. The first kappa shape index (κ1) is 17.9. The second kappa shape index (κ2) is 6.78. The Morgan fingerprint density at radius 3 is 2.54 bits per heavy atom. The largest absolute Gasteiger partial charge is 0.444 e. The predicted molar refractivity (Wildman–Crippen MR) is 98.8 cm³/mol. The monoisotopic (exact) mass is 355 g/mol. The van der Waals surface area contributed by atoms with E-state index < -0.39 is 17.7 Å². The van der Waals surface area contributed by atoms with Crippen LogP contribution in [0.5, 0.6) is 0 Å². The van der Waals surface area contributed by atoms with Crippen LogP contribution in [0.4, 0.5) is 9.18 Å². The van der Waals surface area contributed by atoms with Crippen molar-refractivity contribution in [1.82, 2.24) is 14.9 Å². The molecule has 0 radical (unpaired) electrons. The van der Waals surface area contributed by atoms with Gasteiger partial charge < -0.3 is 10.1 Å². The Morgan fingerprint density at radius 2 is 1.88 bits per heavy atom. The van der Waals surface area contributed by atoms with Crippen LogP contribution in [0.25, 0.3) is 16.7 Å². The van der Waals surface area contributed by atoms with E-state index in [0.29, 0.717) is 11.3 Å². The molecule has 0 aliphatic carbocycles. The van der Waals surface area contributed by atoms with Gasteiger partial charge in [-0.15, -0.1) is 0 Å². The molecule has 1 atom stereocenters. The van der Waals surface area contributed by atoms with E-state index in [-0.39, 0.29) is 5.82 Å². The van der Waals surface area contributed by atoms with Gasteiger partial charge in [0.1, 0.15) is 17.2 Å². The molecule has 3 aromatic rings. The number of hydrogen-bond acceptors (Lipinski definition) is 3. The van der Waals surface area contributed by atoms with Crippen LogP contribution in [0.1, 0.15) is 39.6 Å². The third-order valence-electron chi connectivity index (χ3n) is 3.78. The van der Waals surface area contributed by atoms with Gasteiger partial charge in [-0.05, 0) is 52.0 Å². The van der Waals surface area contributed by atoms with Gasteiger partial charge in [0.25, 0.3) is 0 Å². The number of alkyl carbamates (subject to hydrolysis) is 1. The number of carbonyl (C=O) groups is 1. The maximum Gasteiger partial charge on any atom is 0.408 e. The number of nitrogens with one attached hydrogen (secondary N) is 1. The molecule has 1 N–H and O–H groups in total. The summed E-state index contributed by atoms with van der Waals surface area (Å²) in [6, 6.07) is 13.7. The number of imidazole rings is 1. The minimum atomic E-state index is -0.591. The number of nitrogens with zero attached hydrogens (tertiary/aromatic N) is 2. The minimum absolute atomic E-state index is 0.352. The number of para-hydroxylation sites is 1. The zero-order valence-corrected chi connectivity index (χ0v) is 15.3. The third kappa shape index (κ3) is 3.85. The Labute approximate surface area is 151 Å². The van der Waals surface area contributed by atoms with Gasteiger partial charge in [0.15, 0.2) is 0 Å². The van der Waals surface area contributed by atoms with E-state index in [4.69, 9.17) is 4.74 Å². The number of hydrogen-bond donors (Lipinski definition) is 1. The molecule has 5 nitrogen and oxygen atoms in total. The van der Waals surface area contributed by atoms with Gasteiger partial charge in [-0.1, -0.05) is 18.2 Å². The Morgan fingerprint density at radius 1 is 1.19 bits per heavy atom. The first-order valence-corrected chi connectivity index (χ1v) is 8.47. The highest BCUT2D eigenvalue weighted by Crippen LogP contribution is 2.26. The third-order valence-corrected chi connectivity index (χ3v) is 3.78. The molecule has 0 fully saturated rings. The standard InChI is InChI=1S/C20H22FN3O2/c1-13(22-19(25)26-20(2,3)4)18-23-16-12-14(21)10-11-17(16)24(18)15-8-6-5-7-9-15/h5-13H,1-4H3,(H,22,25). The molecule has 0 spiro atoms. The van der Waals surface area contributed by atoms with Gasteiger partial charge >= 0.3 is 6.09 Å². The van der Waals surface area contributed by atoms with Crippen LogP contribution in [0, 0.1) is 5.82 Å². The number of amides is 1. The summed E-state index contributed by atoms with van der Waals surface area (Å²) in [6.45, 7) is 7.23. The molecule has 6 heteroatoms. The summed E-state index contributed by atoms with van der Waals surface area (Å²) in [5, 5.41) is 2.80. The molecule has 1 unspecified atom stereocenters. The van der Waals surface area contributed by atoms with Crippen LogP contribution in [0.2, 0.25) is 0 Å². The molecule has 0 aliphatic heterocycles. The van der Waals surface area contributed by atoms with E-state index in [9.17, 15) is 9.18 Å². The van der Waals surface area contributed by atoms with Crippen LogP contribution >= 0.6 is 0 Å². The van der Waals surface area contributed by atoms with E-state index in [0.717, 1.165) is 11.2 Å². The first-order valence-electron chi connectivity index (χ1n) is 8.47. The summed E-state index contributed by atoms with van der Waals surface area (Å²) in [7, 11) is 0. The van der Waals surface area contributed by atoms with Crippen molar-refractivity contribution in [3.8, 4) is 5.69 Å². The average Bonchev–Trinajstić information content (AvgIpc) is 2.92. The highest BCUT2D eigenvalue weighted by atomic mass is 19.1. The van der Waals surface area contributed by atoms with Gasteiger partial charge in [-0.2, -0.15) is 0 Å². The van der Waals surface area contributed by atoms with E-state index in [1.807, 2.05) is 41.8 Å². The summed E-state index contributed by atoms with van der Waals surface area (Å²) in [6.07, 6.45) is -0.525. The summed E-state index contributed by atoms with van der Waals surface area (Å²) >= 11 is 0. The van der Waals surface area contributed by atoms with Crippen LogP contribution in [-0.2, 0) is 4.74 Å². The van der Waals surface area contributed by atoms with Crippen molar-refractivity contribution in [1.29, 1.82) is 0 Å². The lowest BCUT2D eigenvalue weighted by molar-refractivity contribution is 0.0505. The molecular formula is C20H22FN3O2. The highest BCUT2D eigenvalue weighted by molar-refractivity contribution is 5.79. The Hall–Kier alpha value is -2.89. The normalized spacial score (nSPS) is 12.8. The number of benzene rings is 2. The minimum Gasteiger partial charge on any atom is -0.444 e. The van der Waals surface area contributed by atoms with E-state index in [2.05, 4.69) is 10.3 Å². The maximum atomic E-state index is 13.6. The summed E-state index contributed by atoms with van der Waals surface area (Å²) < 4.78 is 20.9. The van der Waals surface area contributed by atoms with Gasteiger partial charge in [0.05, 0.1) is 17.1 Å². The number of fused-ring (bicyclic) bond motifs is 1. The molecule has 136 valence electrons. The number of aromatic nitrogens is 2. The summed E-state index contributed by atoms with van der Waals surface area (Å²) in [4.78, 5) is 16.7. The number of rotatable bonds is 3. The maximum absolute atomic E-state index is 13.6. The smallest absolute Gasteiger partial charge is 0.408 e. The van der Waals surface area contributed by atoms with Crippen LogP contribution in [-0.4, -0.2) is 21.2 Å². The fraction of sp³-hybridized carbons (Fsp3) is 0.300. The summed E-state index contributed by atoms with van der Waals surface area (Å²) in [5.41, 5.74) is 1.59. The lowest BCUT2D eigenvalue weighted by Gasteiger charge is -2.22. The second-order valence-electron chi connectivity index (χ2n) is 7.14. The fourth-order valence-corrected chi connectivity index (χ4v) is 2.76. The van der Waals surface area contributed by atoms with Crippen molar-refractivity contribution in [3.05, 3.63) is 60.2 Å². The topological polar surface area (TPSA) is 56.1 Å². The van der Waals surface area contributed by atoms with Crippen LogP contribution in [0.3, 0.4) is 0 Å². The van der Waals surface area contributed by atoms with E-state index in [1.54, 1.807) is 26.8 Å². The van der Waals surface area contributed by atoms with Crippen LogP contribution in [0.15, 0.2) is 48.5 Å². The van der Waals surface area contributed by atoms with Crippen molar-refractivity contribution in [2.24, 2.45) is 0 Å². The van der Waals surface area contributed by atoms with Gasteiger partial charge in [-0.25, -0.2) is 14.2 Å². The van der Waals surface area contributed by atoms with Crippen molar-refractivity contribution < 1.29 is 13.9 Å². The molecule has 1 heterocycles. The quantitative estimate of drug-likeness (QED) is 0.737. The van der Waals surface area contributed by atoms with Gasteiger partial charge in [-0.3, -0.25) is 4.57 Å². The molecule has 0 saturated carbocycles. The van der Waals surface area contributed by atoms with Gasteiger partial charge in [0, 0.05) is 11.8 Å². The summed E-state index contributed by atoms with van der Waals surface area (Å²) in [5.74, 6) is 0.247. The lowest BCUT2D eigenvalue weighted by Crippen LogP contribution is -2.34. The molecule has 3 rings (SSSR count). The zero-order chi connectivity index (χ0) is 18.9. The zero-order valence-electron chi connectivity index (χ0n) is 15.3. The number of carbonyl (C=O) groups excluding carboxylic acids is 1. The Kier molecular flexibility index (Phi) is 4.68. The average molecular weight is 355 g/mol. The Bertz CT molecular complexity index is 929. The lowest BCUT2D eigenvalue weighted by atomic mass is 10.2. The fourth-order valence-electron chi connectivity index (χ4n) is 2.76. The highest BCUT2D eigenvalue weighted by Gasteiger charge is 2.22.